The molecule has 0 atom stereocenters. The Hall–Kier alpha value is -5.22. The molecule has 0 heterocycles. The standard InChI is InChI=1S/C30H22O5.C6H4Br2.C6H4I2.C6H6O2.5CH4/c31-23-6-2-9-27(18-23)33-25-15-13-21(14-16-25)22-5-1-8-26(17-22)34-29-11-4-12-30(20-29)35-28-10-3-7-24(32)19-28;7-5-1-2-6(8)4-3-5;2*7-5-2-1-3-6(8)4-5;;;;;/h1-20,31-32H;2*1-4H;1-4,7-8H;5*1H4. The third-order valence-corrected chi connectivity index (χ3v) is 9.99. The van der Waals surface area contributed by atoms with Crippen LogP contribution in [-0.4, -0.2) is 20.4 Å². The minimum atomic E-state index is 0. The van der Waals surface area contributed by atoms with Crippen LogP contribution in [0.2, 0.25) is 0 Å². The third kappa shape index (κ3) is 21.4. The van der Waals surface area contributed by atoms with E-state index in [0.717, 1.165) is 20.1 Å². The van der Waals surface area contributed by atoms with E-state index in [1.807, 2.05) is 91.0 Å². The van der Waals surface area contributed by atoms with Crippen LogP contribution in [0.5, 0.6) is 57.5 Å². The smallest absolute Gasteiger partial charge is 0.131 e. The highest BCUT2D eigenvalue weighted by Gasteiger charge is 2.06. The average molecular weight is 1220 g/mol. The van der Waals surface area contributed by atoms with Gasteiger partial charge in [-0.2, -0.15) is 0 Å². The highest BCUT2D eigenvalue weighted by Crippen LogP contribution is 2.33. The molecule has 0 aliphatic heterocycles. The molecule has 0 saturated carbocycles. The first-order chi connectivity index (χ1) is 28.5. The molecular weight excluding hydrogens is 1160 g/mol. The predicted octanol–water partition coefficient (Wildman–Crippen LogP) is 18.5. The summed E-state index contributed by atoms with van der Waals surface area (Å²) in [6.07, 6.45) is 0. The molecular formula is C53H56Br2I2O7. The Morgan fingerprint density at radius 3 is 1.00 bits per heavy atom. The van der Waals surface area contributed by atoms with Crippen molar-refractivity contribution in [2.24, 2.45) is 0 Å². The number of aromatic hydroxyl groups is 4. The van der Waals surface area contributed by atoms with Gasteiger partial charge in [0.25, 0.3) is 0 Å². The van der Waals surface area contributed by atoms with Crippen molar-refractivity contribution in [3.63, 3.8) is 0 Å². The lowest BCUT2D eigenvalue weighted by Crippen LogP contribution is -1.88. The molecule has 11 heteroatoms. The van der Waals surface area contributed by atoms with E-state index >= 15 is 0 Å². The minimum Gasteiger partial charge on any atom is -0.508 e. The molecule has 0 fully saturated rings. The maximum Gasteiger partial charge on any atom is 0.131 e. The molecule has 8 aromatic carbocycles. The van der Waals surface area contributed by atoms with Gasteiger partial charge in [-0.15, -0.1) is 0 Å². The monoisotopic (exact) mass is 1220 g/mol. The number of rotatable bonds is 7. The van der Waals surface area contributed by atoms with Crippen molar-refractivity contribution < 1.29 is 34.6 Å². The minimum absolute atomic E-state index is 0. The number of benzene rings is 8. The largest absolute Gasteiger partial charge is 0.508 e. The van der Waals surface area contributed by atoms with Gasteiger partial charge >= 0.3 is 0 Å². The van der Waals surface area contributed by atoms with Crippen LogP contribution in [0.15, 0.2) is 203 Å². The Labute approximate surface area is 423 Å². The van der Waals surface area contributed by atoms with Crippen LogP contribution in [-0.2, 0) is 0 Å². The zero-order chi connectivity index (χ0) is 42.0. The number of halogens is 4. The van der Waals surface area contributed by atoms with Crippen LogP contribution in [0.3, 0.4) is 0 Å². The summed E-state index contributed by atoms with van der Waals surface area (Å²) in [5, 5.41) is 36.5. The highest BCUT2D eigenvalue weighted by atomic mass is 127. The van der Waals surface area contributed by atoms with Crippen LogP contribution < -0.4 is 14.2 Å². The maximum absolute atomic E-state index is 9.63. The van der Waals surface area contributed by atoms with Crippen molar-refractivity contribution in [2.75, 3.05) is 0 Å². The lowest BCUT2D eigenvalue weighted by atomic mass is 10.1. The fourth-order valence-corrected chi connectivity index (χ4v) is 7.15. The van der Waals surface area contributed by atoms with Crippen LogP contribution in [0.4, 0.5) is 0 Å². The lowest BCUT2D eigenvalue weighted by Gasteiger charge is -2.11. The SMILES string of the molecule is Brc1ccc(Br)cc1.C.C.C.C.C.Ic1cccc(I)c1.Oc1cccc(O)c1.Oc1cccc(Oc2ccc(-c3cccc(Oc4cccc(Oc5cccc(O)c5)c4)c3)cc2)c1. The Morgan fingerprint density at radius 1 is 0.297 bits per heavy atom. The highest BCUT2D eigenvalue weighted by molar-refractivity contribution is 14.1. The molecule has 0 unspecified atom stereocenters. The van der Waals surface area contributed by atoms with Crippen LogP contribution in [0.25, 0.3) is 11.1 Å². The number of phenolic OH excluding ortho intramolecular Hbond substituents is 4. The van der Waals surface area contributed by atoms with E-state index < -0.39 is 0 Å². The molecule has 8 rings (SSSR count). The summed E-state index contributed by atoms with van der Waals surface area (Å²) in [6.45, 7) is 0. The van der Waals surface area contributed by atoms with E-state index in [1.54, 1.807) is 60.7 Å². The Morgan fingerprint density at radius 2 is 0.625 bits per heavy atom. The molecule has 8 aromatic rings. The topological polar surface area (TPSA) is 109 Å². The van der Waals surface area contributed by atoms with Gasteiger partial charge in [-0.05, 0) is 172 Å². The average Bonchev–Trinajstić information content (AvgIpc) is 3.20. The van der Waals surface area contributed by atoms with E-state index in [2.05, 4.69) is 101 Å². The second kappa shape index (κ2) is 30.8. The normalized spacial score (nSPS) is 9.19. The molecule has 64 heavy (non-hydrogen) atoms. The van der Waals surface area contributed by atoms with Gasteiger partial charge in [0.05, 0.1) is 0 Å². The van der Waals surface area contributed by atoms with Crippen molar-refractivity contribution in [3.05, 3.63) is 210 Å². The quantitative estimate of drug-likeness (QED) is 0.118. The van der Waals surface area contributed by atoms with Gasteiger partial charge in [0.15, 0.2) is 0 Å². The zero-order valence-electron chi connectivity index (χ0n) is 31.0. The summed E-state index contributed by atoms with van der Waals surface area (Å²) in [7, 11) is 0. The molecule has 0 radical (unpaired) electrons. The number of hydrogen-bond acceptors (Lipinski definition) is 7. The number of hydrogen-bond donors (Lipinski definition) is 4. The lowest BCUT2D eigenvalue weighted by molar-refractivity contribution is 0.448. The van der Waals surface area contributed by atoms with Crippen molar-refractivity contribution in [3.8, 4) is 68.6 Å². The van der Waals surface area contributed by atoms with Gasteiger partial charge in [0.2, 0.25) is 0 Å². The van der Waals surface area contributed by atoms with Gasteiger partial charge in [0.1, 0.15) is 57.5 Å². The molecule has 338 valence electrons. The van der Waals surface area contributed by atoms with Gasteiger partial charge in [0, 0.05) is 40.4 Å². The first-order valence-corrected chi connectivity index (χ1v) is 21.4. The summed E-state index contributed by atoms with van der Waals surface area (Å²) in [5.41, 5.74) is 2.01. The second-order valence-corrected chi connectivity index (χ2v) is 16.5. The molecule has 4 N–H and O–H groups in total. The van der Waals surface area contributed by atoms with E-state index in [4.69, 9.17) is 24.4 Å². The van der Waals surface area contributed by atoms with Gasteiger partial charge in [-0.3, -0.25) is 0 Å². The Balaban J connectivity index is 0.00000112. The fraction of sp³-hybridized carbons (Fsp3) is 0.0943. The summed E-state index contributed by atoms with van der Waals surface area (Å²) < 4.78 is 22.5. The molecule has 0 aliphatic carbocycles. The molecule has 0 spiro atoms. The second-order valence-electron chi connectivity index (χ2n) is 12.2. The summed E-state index contributed by atoms with van der Waals surface area (Å²) in [4.78, 5) is 0. The maximum atomic E-state index is 9.63. The number of phenols is 4. The third-order valence-electron chi connectivity index (χ3n) is 7.59. The molecule has 7 nitrogen and oxygen atoms in total. The van der Waals surface area contributed by atoms with Crippen molar-refractivity contribution in [1.82, 2.24) is 0 Å². The van der Waals surface area contributed by atoms with Gasteiger partial charge in [-0.25, -0.2) is 0 Å². The van der Waals surface area contributed by atoms with Crippen molar-refractivity contribution >= 4 is 77.0 Å². The van der Waals surface area contributed by atoms with Crippen molar-refractivity contribution in [1.29, 1.82) is 0 Å². The van der Waals surface area contributed by atoms with E-state index in [-0.39, 0.29) is 60.1 Å². The van der Waals surface area contributed by atoms with E-state index in [9.17, 15) is 10.2 Å². The predicted molar refractivity (Wildman–Crippen MR) is 292 cm³/mol. The van der Waals surface area contributed by atoms with Crippen LogP contribution in [0, 0.1) is 7.14 Å². The fourth-order valence-electron chi connectivity index (χ4n) is 4.94. The molecule has 0 aliphatic rings. The van der Waals surface area contributed by atoms with Gasteiger partial charge in [-0.1, -0.05) is 124 Å². The van der Waals surface area contributed by atoms with Gasteiger partial charge < -0.3 is 34.6 Å². The van der Waals surface area contributed by atoms with E-state index in [1.165, 1.54) is 25.3 Å². The first kappa shape index (κ1) is 58.8. The molecule has 0 amide bonds. The summed E-state index contributed by atoms with van der Waals surface area (Å²) >= 11 is 11.3. The zero-order valence-corrected chi connectivity index (χ0v) is 38.5. The molecule has 0 saturated heterocycles. The Bertz CT molecular complexity index is 2440. The first-order valence-electron chi connectivity index (χ1n) is 17.7. The summed E-state index contributed by atoms with van der Waals surface area (Å²) in [5.74, 6) is 4.20. The van der Waals surface area contributed by atoms with Crippen LogP contribution in [0.1, 0.15) is 37.1 Å². The Kier molecular flexibility index (Phi) is 28.3. The van der Waals surface area contributed by atoms with Crippen LogP contribution >= 0.6 is 77.0 Å². The van der Waals surface area contributed by atoms with E-state index in [0.29, 0.717) is 34.5 Å². The molecule has 0 aromatic heterocycles. The number of ether oxygens (including phenoxy) is 3. The van der Waals surface area contributed by atoms with Crippen molar-refractivity contribution in [2.45, 2.75) is 37.1 Å². The molecule has 0 bridgehead atoms. The summed E-state index contributed by atoms with van der Waals surface area (Å²) in [6, 6.07) is 58.4.